The van der Waals surface area contributed by atoms with Gasteiger partial charge in [0, 0.05) is 0 Å². The molecule has 3 aliphatic carbocycles. The van der Waals surface area contributed by atoms with Gasteiger partial charge in [0.2, 0.25) is 0 Å². The van der Waals surface area contributed by atoms with Crippen LogP contribution >= 0.6 is 0 Å². The molecule has 0 heteroatoms. The first kappa shape index (κ1) is 11.1. The van der Waals surface area contributed by atoms with Crippen molar-refractivity contribution in [3.8, 4) is 0 Å². The first-order valence-corrected chi connectivity index (χ1v) is 7.69. The highest BCUT2D eigenvalue weighted by Gasteiger charge is 2.56. The summed E-state index contributed by atoms with van der Waals surface area (Å²) in [5.74, 6) is 5.66. The molecule has 3 rings (SSSR count). The van der Waals surface area contributed by atoms with E-state index in [9.17, 15) is 0 Å². The van der Waals surface area contributed by atoms with Gasteiger partial charge in [-0.05, 0) is 60.7 Å². The Morgan fingerprint density at radius 2 is 1.62 bits per heavy atom. The van der Waals surface area contributed by atoms with Crippen LogP contribution in [-0.4, -0.2) is 0 Å². The molecule has 3 fully saturated rings. The van der Waals surface area contributed by atoms with Gasteiger partial charge in [0.15, 0.2) is 0 Å². The Morgan fingerprint density at radius 3 is 2.31 bits per heavy atom. The Balaban J connectivity index is 1.81. The highest BCUT2D eigenvalue weighted by molar-refractivity contribution is 5.06. The first-order chi connectivity index (χ1) is 7.69. The molecule has 0 radical (unpaired) electrons. The summed E-state index contributed by atoms with van der Waals surface area (Å²) in [6.07, 6.45) is 10.7. The minimum Gasteiger partial charge on any atom is -0.0649 e. The molecule has 3 saturated carbocycles. The van der Waals surface area contributed by atoms with Gasteiger partial charge in [0.1, 0.15) is 0 Å². The maximum atomic E-state index is 2.57. The molecule has 0 spiro atoms. The predicted molar refractivity (Wildman–Crippen MR) is 69.2 cm³/mol. The van der Waals surface area contributed by atoms with E-state index in [1.54, 1.807) is 32.1 Å². The lowest BCUT2D eigenvalue weighted by Crippen LogP contribution is -2.35. The van der Waals surface area contributed by atoms with Crippen LogP contribution in [0.25, 0.3) is 0 Å². The van der Waals surface area contributed by atoms with Gasteiger partial charge in [-0.15, -0.1) is 0 Å². The number of fused-ring (bicyclic) bond motifs is 5. The Hall–Kier alpha value is 0. The first-order valence-electron chi connectivity index (χ1n) is 7.69. The van der Waals surface area contributed by atoms with Gasteiger partial charge < -0.3 is 0 Å². The summed E-state index contributed by atoms with van der Waals surface area (Å²) in [5.41, 5.74) is 0.660. The summed E-state index contributed by atoms with van der Waals surface area (Å²) in [6.45, 7) is 7.41. The van der Waals surface area contributed by atoms with E-state index in [1.807, 2.05) is 0 Å². The number of hydrogen-bond donors (Lipinski definition) is 0. The summed E-state index contributed by atoms with van der Waals surface area (Å²) in [4.78, 5) is 0. The highest BCUT2D eigenvalue weighted by atomic mass is 14.6. The standard InChI is InChI=1S/C16H28/c1-4-16(3,5-2)15-10-11-9-14(15)13-8-6-7-12(11)13/h11-15H,4-10H2,1-3H3. The smallest absolute Gasteiger partial charge is 0.0300 e. The van der Waals surface area contributed by atoms with Crippen LogP contribution in [0.3, 0.4) is 0 Å². The normalized spacial score (nSPS) is 46.3. The molecule has 0 N–H and O–H groups in total. The molecule has 92 valence electrons. The second-order valence-corrected chi connectivity index (χ2v) is 7.12. The lowest BCUT2D eigenvalue weighted by atomic mass is 9.62. The van der Waals surface area contributed by atoms with Crippen LogP contribution in [0.4, 0.5) is 0 Å². The van der Waals surface area contributed by atoms with E-state index in [-0.39, 0.29) is 0 Å². The Morgan fingerprint density at radius 1 is 0.938 bits per heavy atom. The minimum atomic E-state index is 0.660. The van der Waals surface area contributed by atoms with Gasteiger partial charge in [-0.2, -0.15) is 0 Å². The van der Waals surface area contributed by atoms with Crippen molar-refractivity contribution in [3.05, 3.63) is 0 Å². The fourth-order valence-electron chi connectivity index (χ4n) is 5.64. The van der Waals surface area contributed by atoms with E-state index < -0.39 is 0 Å². The summed E-state index contributed by atoms with van der Waals surface area (Å²) in [7, 11) is 0. The molecule has 0 aromatic carbocycles. The van der Waals surface area contributed by atoms with E-state index in [4.69, 9.17) is 0 Å². The number of rotatable bonds is 3. The molecule has 0 heterocycles. The monoisotopic (exact) mass is 220 g/mol. The molecule has 0 saturated heterocycles. The molecule has 5 unspecified atom stereocenters. The van der Waals surface area contributed by atoms with E-state index >= 15 is 0 Å². The lowest BCUT2D eigenvalue weighted by Gasteiger charge is -2.43. The summed E-state index contributed by atoms with van der Waals surface area (Å²) >= 11 is 0. The third-order valence-corrected chi connectivity index (χ3v) is 6.94. The van der Waals surface area contributed by atoms with Crippen LogP contribution in [0.5, 0.6) is 0 Å². The van der Waals surface area contributed by atoms with Gasteiger partial charge in [-0.25, -0.2) is 0 Å². The maximum absolute atomic E-state index is 2.57. The van der Waals surface area contributed by atoms with E-state index in [0.717, 1.165) is 23.7 Å². The predicted octanol–water partition coefficient (Wildman–Crippen LogP) is 4.89. The van der Waals surface area contributed by atoms with Crippen LogP contribution in [0.2, 0.25) is 0 Å². The fourth-order valence-corrected chi connectivity index (χ4v) is 5.64. The van der Waals surface area contributed by atoms with E-state index in [1.165, 1.54) is 18.8 Å². The molecular weight excluding hydrogens is 192 g/mol. The van der Waals surface area contributed by atoms with Crippen LogP contribution in [0, 0.1) is 35.0 Å². The van der Waals surface area contributed by atoms with Gasteiger partial charge in [-0.1, -0.05) is 40.0 Å². The summed E-state index contributed by atoms with van der Waals surface area (Å²) in [6, 6.07) is 0. The average molecular weight is 220 g/mol. The van der Waals surface area contributed by atoms with Crippen molar-refractivity contribution in [1.82, 2.24) is 0 Å². The van der Waals surface area contributed by atoms with Crippen LogP contribution < -0.4 is 0 Å². The molecule has 0 aromatic heterocycles. The van der Waals surface area contributed by atoms with Gasteiger partial charge in [-0.3, -0.25) is 0 Å². The summed E-state index contributed by atoms with van der Waals surface area (Å²) < 4.78 is 0. The van der Waals surface area contributed by atoms with Crippen LogP contribution in [0.1, 0.15) is 65.7 Å². The second kappa shape index (κ2) is 3.75. The Kier molecular flexibility index (Phi) is 2.60. The quantitative estimate of drug-likeness (QED) is 0.635. The SMILES string of the molecule is CCC(C)(CC)C1CC2CC1C1CCCC21. The molecule has 2 bridgehead atoms. The largest absolute Gasteiger partial charge is 0.0649 e. The van der Waals surface area contributed by atoms with Crippen LogP contribution in [0.15, 0.2) is 0 Å². The molecule has 16 heavy (non-hydrogen) atoms. The molecular formula is C16H28. The van der Waals surface area contributed by atoms with Crippen molar-refractivity contribution in [2.45, 2.75) is 65.7 Å². The molecule has 3 aliphatic rings. The van der Waals surface area contributed by atoms with Gasteiger partial charge >= 0.3 is 0 Å². The third-order valence-electron chi connectivity index (χ3n) is 6.94. The second-order valence-electron chi connectivity index (χ2n) is 7.12. The zero-order valence-corrected chi connectivity index (χ0v) is 11.3. The van der Waals surface area contributed by atoms with Crippen molar-refractivity contribution in [3.63, 3.8) is 0 Å². The minimum absolute atomic E-state index is 0.660. The topological polar surface area (TPSA) is 0 Å². The number of hydrogen-bond acceptors (Lipinski definition) is 0. The van der Waals surface area contributed by atoms with Crippen molar-refractivity contribution in [2.75, 3.05) is 0 Å². The van der Waals surface area contributed by atoms with Crippen molar-refractivity contribution < 1.29 is 0 Å². The molecule has 0 nitrogen and oxygen atoms in total. The average Bonchev–Trinajstić information content (AvgIpc) is 2.98. The summed E-state index contributed by atoms with van der Waals surface area (Å²) in [5, 5.41) is 0. The Labute approximate surface area is 101 Å². The highest BCUT2D eigenvalue weighted by Crippen LogP contribution is 2.65. The van der Waals surface area contributed by atoms with Crippen molar-refractivity contribution in [2.24, 2.45) is 35.0 Å². The molecule has 0 aliphatic heterocycles. The maximum Gasteiger partial charge on any atom is -0.0300 e. The van der Waals surface area contributed by atoms with Crippen LogP contribution in [-0.2, 0) is 0 Å². The van der Waals surface area contributed by atoms with E-state index in [2.05, 4.69) is 20.8 Å². The molecule has 0 aromatic rings. The third kappa shape index (κ3) is 1.34. The lowest BCUT2D eigenvalue weighted by molar-refractivity contribution is 0.0626. The molecule has 5 atom stereocenters. The molecule has 0 amide bonds. The zero-order valence-electron chi connectivity index (χ0n) is 11.3. The van der Waals surface area contributed by atoms with Gasteiger partial charge in [0.25, 0.3) is 0 Å². The van der Waals surface area contributed by atoms with Crippen molar-refractivity contribution >= 4 is 0 Å². The van der Waals surface area contributed by atoms with Crippen molar-refractivity contribution in [1.29, 1.82) is 0 Å². The van der Waals surface area contributed by atoms with E-state index in [0.29, 0.717) is 5.41 Å². The van der Waals surface area contributed by atoms with Gasteiger partial charge in [0.05, 0.1) is 0 Å². The Bertz CT molecular complexity index is 263. The zero-order chi connectivity index (χ0) is 11.3. The fraction of sp³-hybridized carbons (Fsp3) is 1.00.